The zero-order valence-electron chi connectivity index (χ0n) is 19.3. The minimum Gasteiger partial charge on any atom is -0.322 e. The molecule has 2 amide bonds. The molecule has 0 bridgehead atoms. The summed E-state index contributed by atoms with van der Waals surface area (Å²) in [4.78, 5) is 30.7. The van der Waals surface area contributed by atoms with E-state index in [2.05, 4.69) is 10.3 Å². The number of nitrogens with one attached hydrogen (secondary N) is 1. The third kappa shape index (κ3) is 6.10. The quantitative estimate of drug-likeness (QED) is 0.220. The van der Waals surface area contributed by atoms with Gasteiger partial charge in [-0.05, 0) is 54.1 Å². The highest BCUT2D eigenvalue weighted by Gasteiger charge is 2.34. The molecule has 0 aliphatic rings. The Morgan fingerprint density at radius 3 is 2.54 bits per heavy atom. The summed E-state index contributed by atoms with van der Waals surface area (Å²) in [5, 5.41) is 5.41. The monoisotopic (exact) mass is 525 g/mol. The van der Waals surface area contributed by atoms with Crippen LogP contribution in [0.15, 0.2) is 84.4 Å². The van der Waals surface area contributed by atoms with Gasteiger partial charge >= 0.3 is 6.18 Å². The average molecular weight is 526 g/mol. The second-order valence-electron chi connectivity index (χ2n) is 7.86. The number of benzene rings is 3. The van der Waals surface area contributed by atoms with E-state index in [1.807, 2.05) is 17.5 Å². The summed E-state index contributed by atoms with van der Waals surface area (Å²) in [5.41, 5.74) is 0.510. The van der Waals surface area contributed by atoms with Crippen molar-refractivity contribution in [2.75, 3.05) is 17.3 Å². The smallest absolute Gasteiger partial charge is 0.322 e. The lowest BCUT2D eigenvalue weighted by molar-refractivity contribution is -0.140. The number of alkyl halides is 3. The number of hydrogen-bond donors (Lipinski definition) is 1. The maximum atomic E-state index is 13.6. The van der Waals surface area contributed by atoms with Crippen LogP contribution in [0.25, 0.3) is 16.6 Å². The van der Waals surface area contributed by atoms with E-state index in [1.54, 1.807) is 30.5 Å². The Morgan fingerprint density at radius 1 is 1.03 bits per heavy atom. The minimum absolute atomic E-state index is 0.113. The number of hydrogen-bond acceptors (Lipinski definition) is 4. The molecular weight excluding hydrogens is 506 g/mol. The fourth-order valence-corrected chi connectivity index (χ4v) is 4.18. The summed E-state index contributed by atoms with van der Waals surface area (Å²) in [6.07, 6.45) is -0.398. The Bertz CT molecular complexity index is 1470. The van der Waals surface area contributed by atoms with Crippen LogP contribution in [0, 0.1) is 5.82 Å². The fraction of sp³-hybridized carbons (Fsp3) is 0.0741. The maximum Gasteiger partial charge on any atom is 0.419 e. The molecule has 4 aromatic rings. The number of rotatable bonds is 6. The second-order valence-corrected chi connectivity index (χ2v) is 8.75. The lowest BCUT2D eigenvalue weighted by atomic mass is 10.1. The standard InChI is InChI=1S/C27H19F4N3O2S/c1-34(19-10-11-22(28)21(16-19)27(29,30)31)26(36)18-6-4-5-17(15-18)9-12-24(35)33-23-8-3-2-7-20(23)25-32-13-14-37-25/h2-16H,1H3,(H,33,35). The van der Waals surface area contributed by atoms with Gasteiger partial charge in [0.05, 0.1) is 11.3 Å². The Labute approximate surface area is 213 Å². The van der Waals surface area contributed by atoms with Crippen molar-refractivity contribution in [2.24, 2.45) is 0 Å². The van der Waals surface area contributed by atoms with Crippen LogP contribution in [0.2, 0.25) is 0 Å². The van der Waals surface area contributed by atoms with Gasteiger partial charge in [-0.2, -0.15) is 13.2 Å². The van der Waals surface area contributed by atoms with Crippen molar-refractivity contribution >= 4 is 40.6 Å². The molecule has 37 heavy (non-hydrogen) atoms. The molecular formula is C27H19F4N3O2S. The SMILES string of the molecule is CN(C(=O)c1cccc(C=CC(=O)Nc2ccccc2-c2nccs2)c1)c1ccc(F)c(C(F)(F)F)c1. The number of carbonyl (C=O) groups excluding carboxylic acids is 2. The summed E-state index contributed by atoms with van der Waals surface area (Å²) in [7, 11) is 1.30. The van der Waals surface area contributed by atoms with E-state index in [9.17, 15) is 27.2 Å². The maximum absolute atomic E-state index is 13.6. The van der Waals surface area contributed by atoms with Crippen molar-refractivity contribution in [3.05, 3.63) is 107 Å². The molecule has 188 valence electrons. The van der Waals surface area contributed by atoms with Crippen molar-refractivity contribution in [1.29, 1.82) is 0 Å². The fourth-order valence-electron chi connectivity index (χ4n) is 3.51. The molecule has 1 N–H and O–H groups in total. The van der Waals surface area contributed by atoms with Gasteiger partial charge in [-0.3, -0.25) is 9.59 Å². The van der Waals surface area contributed by atoms with Crippen molar-refractivity contribution in [3.8, 4) is 10.6 Å². The lowest BCUT2D eigenvalue weighted by Gasteiger charge is -2.19. The van der Waals surface area contributed by atoms with E-state index < -0.39 is 29.4 Å². The van der Waals surface area contributed by atoms with Crippen LogP contribution in [0.3, 0.4) is 0 Å². The van der Waals surface area contributed by atoms with Crippen LogP contribution in [0.4, 0.5) is 28.9 Å². The van der Waals surface area contributed by atoms with Gasteiger partial charge in [0.25, 0.3) is 5.91 Å². The molecule has 3 aromatic carbocycles. The Hall–Kier alpha value is -4.31. The third-order valence-electron chi connectivity index (χ3n) is 5.36. The predicted octanol–water partition coefficient (Wildman–Crippen LogP) is 6.90. The van der Waals surface area contributed by atoms with Crippen molar-refractivity contribution in [3.63, 3.8) is 0 Å². The molecule has 0 unspecified atom stereocenters. The second kappa shape index (κ2) is 10.8. The number of halogens is 4. The molecule has 1 heterocycles. The zero-order valence-corrected chi connectivity index (χ0v) is 20.1. The van der Waals surface area contributed by atoms with Gasteiger partial charge in [-0.1, -0.05) is 24.3 Å². The van der Waals surface area contributed by atoms with Crippen LogP contribution < -0.4 is 10.2 Å². The van der Waals surface area contributed by atoms with Crippen LogP contribution >= 0.6 is 11.3 Å². The molecule has 10 heteroatoms. The molecule has 0 atom stereocenters. The first-order valence-corrected chi connectivity index (χ1v) is 11.7. The van der Waals surface area contributed by atoms with Crippen LogP contribution in [-0.4, -0.2) is 23.8 Å². The van der Waals surface area contributed by atoms with Gasteiger partial charge < -0.3 is 10.2 Å². The summed E-state index contributed by atoms with van der Waals surface area (Å²) in [6.45, 7) is 0. The molecule has 0 saturated heterocycles. The highest BCUT2D eigenvalue weighted by molar-refractivity contribution is 7.13. The number of amides is 2. The molecule has 0 radical (unpaired) electrons. The van der Waals surface area contributed by atoms with Gasteiger partial charge in [0.2, 0.25) is 5.91 Å². The van der Waals surface area contributed by atoms with Gasteiger partial charge in [-0.25, -0.2) is 9.37 Å². The van der Waals surface area contributed by atoms with E-state index in [0.717, 1.165) is 21.5 Å². The van der Waals surface area contributed by atoms with Crippen molar-refractivity contribution in [2.45, 2.75) is 6.18 Å². The van der Waals surface area contributed by atoms with E-state index in [1.165, 1.54) is 42.7 Å². The first kappa shape index (κ1) is 25.8. The first-order chi connectivity index (χ1) is 17.6. The normalized spacial score (nSPS) is 11.5. The third-order valence-corrected chi connectivity index (χ3v) is 6.16. The van der Waals surface area contributed by atoms with Gasteiger partial charge in [0.15, 0.2) is 0 Å². The minimum atomic E-state index is -4.89. The molecule has 0 aliphatic carbocycles. The van der Waals surface area contributed by atoms with Crippen LogP contribution in [0.1, 0.15) is 21.5 Å². The summed E-state index contributed by atoms with van der Waals surface area (Å²) >= 11 is 1.44. The van der Waals surface area contributed by atoms with E-state index in [4.69, 9.17) is 0 Å². The highest BCUT2D eigenvalue weighted by atomic mass is 32.1. The number of aromatic nitrogens is 1. The molecule has 1 aromatic heterocycles. The van der Waals surface area contributed by atoms with Crippen LogP contribution in [0.5, 0.6) is 0 Å². The molecule has 0 aliphatic heterocycles. The van der Waals surface area contributed by atoms with Crippen LogP contribution in [-0.2, 0) is 11.0 Å². The average Bonchev–Trinajstić information content (AvgIpc) is 3.42. The van der Waals surface area contributed by atoms with E-state index in [-0.39, 0.29) is 11.3 Å². The van der Waals surface area contributed by atoms with Gasteiger partial charge in [0.1, 0.15) is 10.8 Å². The lowest BCUT2D eigenvalue weighted by Crippen LogP contribution is -2.26. The molecule has 0 saturated carbocycles. The van der Waals surface area contributed by atoms with E-state index >= 15 is 0 Å². The molecule has 5 nitrogen and oxygen atoms in total. The van der Waals surface area contributed by atoms with Gasteiger partial charge in [0, 0.05) is 41.5 Å². The number of thiazole rings is 1. The summed E-state index contributed by atoms with van der Waals surface area (Å²) in [5.74, 6) is -2.42. The Kier molecular flexibility index (Phi) is 7.49. The number of nitrogens with zero attached hydrogens (tertiary/aromatic N) is 2. The largest absolute Gasteiger partial charge is 0.419 e. The highest BCUT2D eigenvalue weighted by Crippen LogP contribution is 2.34. The van der Waals surface area contributed by atoms with Gasteiger partial charge in [-0.15, -0.1) is 11.3 Å². The first-order valence-electron chi connectivity index (χ1n) is 10.9. The van der Waals surface area contributed by atoms with E-state index in [0.29, 0.717) is 23.4 Å². The Morgan fingerprint density at radius 2 is 1.81 bits per heavy atom. The summed E-state index contributed by atoms with van der Waals surface area (Å²) < 4.78 is 52.8. The Balaban J connectivity index is 1.49. The molecule has 4 rings (SSSR count). The zero-order chi connectivity index (χ0) is 26.6. The van der Waals surface area contributed by atoms with Crippen molar-refractivity contribution in [1.82, 2.24) is 4.98 Å². The summed E-state index contributed by atoms with van der Waals surface area (Å²) in [6, 6.07) is 15.9. The van der Waals surface area contributed by atoms with Crippen molar-refractivity contribution < 1.29 is 27.2 Å². The molecule has 0 fully saturated rings. The molecule has 0 spiro atoms. The topological polar surface area (TPSA) is 62.3 Å². The number of carbonyl (C=O) groups is 2. The predicted molar refractivity (Wildman–Crippen MR) is 136 cm³/mol. The number of para-hydroxylation sites is 1. The number of anilines is 2.